The molecule has 0 aliphatic carbocycles. The maximum Gasteiger partial charge on any atom is 0.311 e. The molecule has 0 aliphatic rings. The van der Waals surface area contributed by atoms with Crippen LogP contribution in [0.3, 0.4) is 0 Å². The van der Waals surface area contributed by atoms with Crippen LogP contribution < -0.4 is 10.1 Å². The van der Waals surface area contributed by atoms with Gasteiger partial charge < -0.3 is 15.2 Å². The van der Waals surface area contributed by atoms with Gasteiger partial charge in [-0.3, -0.25) is 19.7 Å². The Morgan fingerprint density at radius 2 is 2.14 bits per heavy atom. The molecule has 1 aromatic carbocycles. The molecule has 0 saturated carbocycles. The van der Waals surface area contributed by atoms with Gasteiger partial charge in [0, 0.05) is 11.6 Å². The Labute approximate surface area is 120 Å². The van der Waals surface area contributed by atoms with Gasteiger partial charge >= 0.3 is 11.7 Å². The number of carbonyl (C=O) groups excluding carboxylic acids is 1. The Morgan fingerprint density at radius 3 is 2.62 bits per heavy atom. The summed E-state index contributed by atoms with van der Waals surface area (Å²) in [5.74, 6) is -1.60. The summed E-state index contributed by atoms with van der Waals surface area (Å²) in [4.78, 5) is 33.3. The zero-order valence-electron chi connectivity index (χ0n) is 11.7. The van der Waals surface area contributed by atoms with E-state index >= 15 is 0 Å². The number of nitrogens with zero attached hydrogens (tertiary/aromatic N) is 1. The molecule has 1 atom stereocenters. The largest absolute Gasteiger partial charge is 0.490 e. The first-order valence-electron chi connectivity index (χ1n) is 6.22. The number of benzene rings is 1. The van der Waals surface area contributed by atoms with E-state index < -0.39 is 29.1 Å². The van der Waals surface area contributed by atoms with Gasteiger partial charge in [0.15, 0.2) is 11.5 Å². The molecule has 2 N–H and O–H groups in total. The number of hydrogen-bond acceptors (Lipinski definition) is 6. The van der Waals surface area contributed by atoms with E-state index in [1.807, 2.05) is 0 Å². The number of aliphatic carboxylic acids is 1. The van der Waals surface area contributed by atoms with Crippen LogP contribution in [0.5, 0.6) is 5.75 Å². The first-order valence-corrected chi connectivity index (χ1v) is 6.22. The van der Waals surface area contributed by atoms with E-state index in [9.17, 15) is 19.7 Å². The van der Waals surface area contributed by atoms with E-state index in [0.29, 0.717) is 6.54 Å². The van der Waals surface area contributed by atoms with E-state index in [-0.39, 0.29) is 17.0 Å². The Morgan fingerprint density at radius 1 is 1.48 bits per heavy atom. The van der Waals surface area contributed by atoms with E-state index in [1.165, 1.54) is 19.2 Å². The van der Waals surface area contributed by atoms with Crippen LogP contribution in [0.2, 0.25) is 0 Å². The lowest BCUT2D eigenvalue weighted by Crippen LogP contribution is -2.38. The van der Waals surface area contributed by atoms with Crippen LogP contribution in [0.1, 0.15) is 23.7 Å². The number of carboxylic acid groups (broad SMARTS) is 1. The predicted octanol–water partition coefficient (Wildman–Crippen LogP) is 1.24. The lowest BCUT2D eigenvalue weighted by Gasteiger charge is -2.14. The molecule has 8 nitrogen and oxygen atoms in total. The van der Waals surface area contributed by atoms with Crippen molar-refractivity contribution >= 4 is 17.4 Å². The van der Waals surface area contributed by atoms with E-state index in [0.717, 1.165) is 6.07 Å². The smallest absolute Gasteiger partial charge is 0.311 e. The molecule has 0 saturated heterocycles. The topological polar surface area (TPSA) is 119 Å². The second-order valence-electron chi connectivity index (χ2n) is 4.22. The maximum absolute atomic E-state index is 12.3. The molecule has 0 fully saturated rings. The average molecular weight is 296 g/mol. The van der Waals surface area contributed by atoms with Crippen molar-refractivity contribution in [1.82, 2.24) is 5.32 Å². The number of likely N-dealkylation sites (N-methyl/N-ethyl adjacent to an activating group) is 1. The van der Waals surface area contributed by atoms with Gasteiger partial charge in [-0.05, 0) is 18.7 Å². The fraction of sp³-hybridized carbons (Fsp3) is 0.385. The van der Waals surface area contributed by atoms with Gasteiger partial charge in [-0.1, -0.05) is 6.92 Å². The fourth-order valence-corrected chi connectivity index (χ4v) is 1.87. The number of carboxylic acids is 1. The van der Waals surface area contributed by atoms with Crippen LogP contribution in [0.25, 0.3) is 0 Å². The highest BCUT2D eigenvalue weighted by Crippen LogP contribution is 2.28. The molecular weight excluding hydrogens is 280 g/mol. The van der Waals surface area contributed by atoms with Crippen molar-refractivity contribution in [3.05, 3.63) is 33.9 Å². The third-order valence-corrected chi connectivity index (χ3v) is 2.81. The number of nitrogens with one attached hydrogen (secondary N) is 1. The summed E-state index contributed by atoms with van der Waals surface area (Å²) in [6.07, 6.45) is -0.396. The van der Waals surface area contributed by atoms with Gasteiger partial charge in [0.05, 0.1) is 24.5 Å². The summed E-state index contributed by atoms with van der Waals surface area (Å²) in [6.45, 7) is 2.14. The summed E-state index contributed by atoms with van der Waals surface area (Å²) >= 11 is 0. The molecule has 1 rings (SSSR count). The Kier molecular flexibility index (Phi) is 5.79. The predicted molar refractivity (Wildman–Crippen MR) is 73.7 cm³/mol. The molecular formula is C13H16N2O6. The summed E-state index contributed by atoms with van der Waals surface area (Å²) in [5.41, 5.74) is -0.274. The monoisotopic (exact) mass is 296 g/mol. The molecule has 0 bridgehead atoms. The maximum atomic E-state index is 12.3. The molecule has 8 heteroatoms. The lowest BCUT2D eigenvalue weighted by molar-refractivity contribution is -0.385. The molecule has 114 valence electrons. The number of rotatable bonds is 8. The SMILES string of the molecule is CCNC(CC(=O)O)C(=O)c1ccc(OC)c([N+](=O)[O-])c1. The van der Waals surface area contributed by atoms with Crippen LogP contribution in [-0.4, -0.2) is 41.5 Å². The molecule has 0 aromatic heterocycles. The number of methoxy groups -OCH3 is 1. The minimum absolute atomic E-state index is 0.0368. The number of ketones is 1. The van der Waals surface area contributed by atoms with Crippen molar-refractivity contribution in [2.45, 2.75) is 19.4 Å². The highest BCUT2D eigenvalue weighted by molar-refractivity contribution is 6.02. The third-order valence-electron chi connectivity index (χ3n) is 2.81. The minimum atomic E-state index is -1.13. The van der Waals surface area contributed by atoms with Crippen LogP contribution in [0, 0.1) is 10.1 Å². The van der Waals surface area contributed by atoms with Crippen LogP contribution in [0.15, 0.2) is 18.2 Å². The summed E-state index contributed by atoms with van der Waals surface area (Å²) < 4.78 is 4.85. The number of hydrogen-bond donors (Lipinski definition) is 2. The van der Waals surface area contributed by atoms with Crippen molar-refractivity contribution < 1.29 is 24.4 Å². The van der Waals surface area contributed by atoms with Crippen molar-refractivity contribution in [2.24, 2.45) is 0 Å². The zero-order chi connectivity index (χ0) is 16.0. The number of Topliss-reactive ketones (excluding diaryl/α,β-unsaturated/α-hetero) is 1. The lowest BCUT2D eigenvalue weighted by atomic mass is 10.0. The summed E-state index contributed by atoms with van der Waals surface area (Å²) in [6, 6.07) is 2.85. The minimum Gasteiger partial charge on any atom is -0.490 e. The second kappa shape index (κ2) is 7.34. The third kappa shape index (κ3) is 4.25. The standard InChI is InChI=1S/C13H16N2O6/c1-3-14-9(7-12(16)17)13(18)8-4-5-11(21-2)10(6-8)15(19)20/h4-6,9,14H,3,7H2,1-2H3,(H,16,17). The van der Waals surface area contributed by atoms with Crippen molar-refractivity contribution in [1.29, 1.82) is 0 Å². The molecule has 1 aromatic rings. The molecule has 21 heavy (non-hydrogen) atoms. The van der Waals surface area contributed by atoms with E-state index in [4.69, 9.17) is 9.84 Å². The fourth-order valence-electron chi connectivity index (χ4n) is 1.87. The van der Waals surface area contributed by atoms with Crippen LogP contribution >= 0.6 is 0 Å². The summed E-state index contributed by atoms with van der Waals surface area (Å²) in [7, 11) is 1.29. The summed E-state index contributed by atoms with van der Waals surface area (Å²) in [5, 5.41) is 22.5. The Hall–Kier alpha value is -2.48. The zero-order valence-corrected chi connectivity index (χ0v) is 11.7. The number of nitro benzene ring substituents is 1. The molecule has 0 heterocycles. The molecule has 0 spiro atoms. The van der Waals surface area contributed by atoms with Gasteiger partial charge in [0.1, 0.15) is 0 Å². The normalized spacial score (nSPS) is 11.7. The van der Waals surface area contributed by atoms with Crippen molar-refractivity contribution in [3.8, 4) is 5.75 Å². The molecule has 1 unspecified atom stereocenters. The quantitative estimate of drug-likeness (QED) is 0.420. The number of ether oxygens (including phenoxy) is 1. The molecule has 0 radical (unpaired) electrons. The first kappa shape index (κ1) is 16.6. The Balaban J connectivity index is 3.12. The average Bonchev–Trinajstić information content (AvgIpc) is 2.44. The van der Waals surface area contributed by atoms with Gasteiger partial charge in [-0.25, -0.2) is 0 Å². The highest BCUT2D eigenvalue weighted by atomic mass is 16.6. The second-order valence-corrected chi connectivity index (χ2v) is 4.22. The van der Waals surface area contributed by atoms with Crippen molar-refractivity contribution in [2.75, 3.05) is 13.7 Å². The molecule has 0 aliphatic heterocycles. The molecule has 0 amide bonds. The highest BCUT2D eigenvalue weighted by Gasteiger charge is 2.25. The van der Waals surface area contributed by atoms with Crippen LogP contribution in [0.4, 0.5) is 5.69 Å². The van der Waals surface area contributed by atoms with Crippen LogP contribution in [-0.2, 0) is 4.79 Å². The van der Waals surface area contributed by atoms with Crippen molar-refractivity contribution in [3.63, 3.8) is 0 Å². The Bertz CT molecular complexity index is 558. The number of nitro groups is 1. The first-order chi connectivity index (χ1) is 9.90. The van der Waals surface area contributed by atoms with E-state index in [1.54, 1.807) is 6.92 Å². The number of carbonyl (C=O) groups is 2. The van der Waals surface area contributed by atoms with Gasteiger partial charge in [-0.15, -0.1) is 0 Å². The van der Waals surface area contributed by atoms with Gasteiger partial charge in [-0.2, -0.15) is 0 Å². The van der Waals surface area contributed by atoms with Gasteiger partial charge in [0.25, 0.3) is 0 Å². The van der Waals surface area contributed by atoms with E-state index in [2.05, 4.69) is 5.32 Å². The van der Waals surface area contributed by atoms with Gasteiger partial charge in [0.2, 0.25) is 0 Å².